The topological polar surface area (TPSA) is 75.7 Å². The Kier molecular flexibility index (Phi) is 7.84. The number of hydrogen-bond donors (Lipinski definition) is 1. The smallest absolute Gasteiger partial charge is 0.264 e. The Labute approximate surface area is 189 Å². The van der Waals surface area contributed by atoms with Gasteiger partial charge in [-0.3, -0.25) is 9.10 Å². The molecule has 6 nitrogen and oxygen atoms in total. The van der Waals surface area contributed by atoms with Gasteiger partial charge in [-0.15, -0.1) is 0 Å². The van der Waals surface area contributed by atoms with Crippen molar-refractivity contribution in [3.05, 3.63) is 53.6 Å². The molecule has 0 spiro atoms. The summed E-state index contributed by atoms with van der Waals surface area (Å²) in [7, 11) is -3.89. The van der Waals surface area contributed by atoms with Crippen molar-refractivity contribution in [3.8, 4) is 5.75 Å². The minimum Gasteiger partial charge on any atom is -0.476 e. The first-order valence-electron chi connectivity index (χ1n) is 10.7. The van der Waals surface area contributed by atoms with E-state index in [1.165, 1.54) is 16.4 Å². The monoisotopic (exact) mass is 464 g/mol. The van der Waals surface area contributed by atoms with Crippen LogP contribution in [0.4, 0.5) is 5.69 Å². The Morgan fingerprint density at radius 1 is 1.23 bits per heavy atom. The number of benzene rings is 2. The summed E-state index contributed by atoms with van der Waals surface area (Å²) >= 11 is 6.12. The number of anilines is 1. The molecule has 0 bridgehead atoms. The SMILES string of the molecule is CCCC[C@@H](CC)CNC(=O)[C@H]1CN(S(=O)(=O)c2ccccc2)c2cc(Cl)ccc2O1. The number of sulfonamides is 1. The van der Waals surface area contributed by atoms with Crippen molar-refractivity contribution in [1.29, 1.82) is 0 Å². The predicted octanol–water partition coefficient (Wildman–Crippen LogP) is 4.63. The zero-order valence-corrected chi connectivity index (χ0v) is 19.5. The average molecular weight is 465 g/mol. The van der Waals surface area contributed by atoms with Crippen LogP contribution in [0.5, 0.6) is 5.75 Å². The highest BCUT2D eigenvalue weighted by Gasteiger charge is 2.37. The largest absolute Gasteiger partial charge is 0.476 e. The molecule has 2 atom stereocenters. The number of rotatable bonds is 9. The van der Waals surface area contributed by atoms with Gasteiger partial charge in [0.05, 0.1) is 17.1 Å². The molecule has 8 heteroatoms. The van der Waals surface area contributed by atoms with E-state index in [9.17, 15) is 13.2 Å². The summed E-state index contributed by atoms with van der Waals surface area (Å²) < 4.78 is 33.8. The second kappa shape index (κ2) is 10.4. The van der Waals surface area contributed by atoms with Crippen molar-refractivity contribution in [2.45, 2.75) is 50.5 Å². The number of carbonyl (C=O) groups is 1. The fourth-order valence-electron chi connectivity index (χ4n) is 3.61. The number of unbranched alkanes of at least 4 members (excludes halogenated alkanes) is 1. The molecular weight excluding hydrogens is 436 g/mol. The highest BCUT2D eigenvalue weighted by Crippen LogP contribution is 2.38. The van der Waals surface area contributed by atoms with Gasteiger partial charge in [-0.1, -0.05) is 62.9 Å². The Bertz CT molecular complexity index is 998. The number of halogens is 1. The number of ether oxygens (including phenoxy) is 1. The van der Waals surface area contributed by atoms with Gasteiger partial charge in [0, 0.05) is 11.6 Å². The van der Waals surface area contributed by atoms with Gasteiger partial charge in [-0.05, 0) is 42.7 Å². The molecule has 2 aromatic carbocycles. The first-order valence-corrected chi connectivity index (χ1v) is 12.5. The van der Waals surface area contributed by atoms with Gasteiger partial charge in [0.15, 0.2) is 6.10 Å². The van der Waals surface area contributed by atoms with Crippen LogP contribution in [0.1, 0.15) is 39.5 Å². The highest BCUT2D eigenvalue weighted by atomic mass is 35.5. The minimum absolute atomic E-state index is 0.123. The second-order valence-electron chi connectivity index (χ2n) is 7.73. The average Bonchev–Trinajstić information content (AvgIpc) is 2.78. The van der Waals surface area contributed by atoms with Crippen molar-refractivity contribution >= 4 is 33.2 Å². The number of nitrogens with one attached hydrogen (secondary N) is 1. The molecule has 31 heavy (non-hydrogen) atoms. The minimum atomic E-state index is -3.89. The second-order valence-corrected chi connectivity index (χ2v) is 10.0. The first-order chi connectivity index (χ1) is 14.9. The summed E-state index contributed by atoms with van der Waals surface area (Å²) in [5.41, 5.74) is 0.329. The molecule has 0 fully saturated rings. The molecule has 0 saturated heterocycles. The lowest BCUT2D eigenvalue weighted by Gasteiger charge is -2.35. The molecule has 0 saturated carbocycles. The van der Waals surface area contributed by atoms with Crippen molar-refractivity contribution in [1.82, 2.24) is 5.32 Å². The molecular formula is C23H29ClN2O4S. The molecule has 2 aromatic rings. The summed E-state index contributed by atoms with van der Waals surface area (Å²) in [4.78, 5) is 13.0. The molecule has 1 heterocycles. The van der Waals surface area contributed by atoms with Crippen molar-refractivity contribution in [3.63, 3.8) is 0 Å². The Balaban J connectivity index is 1.84. The van der Waals surface area contributed by atoms with Gasteiger partial charge in [-0.25, -0.2) is 8.42 Å². The van der Waals surface area contributed by atoms with Gasteiger partial charge < -0.3 is 10.1 Å². The van der Waals surface area contributed by atoms with Crippen LogP contribution in [0, 0.1) is 5.92 Å². The Hall–Kier alpha value is -2.25. The number of hydrogen-bond acceptors (Lipinski definition) is 4. The summed E-state index contributed by atoms with van der Waals surface area (Å²) in [6.07, 6.45) is 3.31. The van der Waals surface area contributed by atoms with Crippen molar-refractivity contribution < 1.29 is 17.9 Å². The Morgan fingerprint density at radius 2 is 1.97 bits per heavy atom. The van der Waals surface area contributed by atoms with Crippen LogP contribution in [0.2, 0.25) is 5.02 Å². The lowest BCUT2D eigenvalue weighted by atomic mass is 9.99. The first kappa shape index (κ1) is 23.4. The van der Waals surface area contributed by atoms with E-state index in [4.69, 9.17) is 16.3 Å². The lowest BCUT2D eigenvalue weighted by molar-refractivity contribution is -0.127. The maximum Gasteiger partial charge on any atom is 0.264 e. The fourth-order valence-corrected chi connectivity index (χ4v) is 5.27. The number of fused-ring (bicyclic) bond motifs is 1. The molecule has 0 unspecified atom stereocenters. The van der Waals surface area contributed by atoms with Crippen LogP contribution >= 0.6 is 11.6 Å². The molecule has 3 rings (SSSR count). The van der Waals surface area contributed by atoms with E-state index in [0.717, 1.165) is 25.7 Å². The maximum atomic E-state index is 13.4. The maximum absolute atomic E-state index is 13.4. The third kappa shape index (κ3) is 5.52. The molecule has 168 valence electrons. The van der Waals surface area contributed by atoms with Gasteiger partial charge >= 0.3 is 0 Å². The van der Waals surface area contributed by atoms with Gasteiger partial charge in [0.25, 0.3) is 15.9 Å². The zero-order valence-electron chi connectivity index (χ0n) is 17.9. The van der Waals surface area contributed by atoms with E-state index in [2.05, 4.69) is 19.2 Å². The van der Waals surface area contributed by atoms with Crippen LogP contribution in [-0.4, -0.2) is 33.5 Å². The van der Waals surface area contributed by atoms with E-state index < -0.39 is 16.1 Å². The third-order valence-corrected chi connectivity index (χ3v) is 7.55. The van der Waals surface area contributed by atoms with Gasteiger partial charge in [-0.2, -0.15) is 0 Å². The number of amides is 1. The summed E-state index contributed by atoms with van der Waals surface area (Å²) in [5, 5.41) is 3.34. The molecule has 1 N–H and O–H groups in total. The standard InChI is InChI=1S/C23H29ClN2O4S/c1-3-5-9-17(4-2)15-25-23(27)22-16-26(20-14-18(24)12-13-21(20)30-22)31(28,29)19-10-7-6-8-11-19/h6-8,10-14,17,22H,3-5,9,15-16H2,1-2H3,(H,25,27)/t17-,22-/m1/s1. The van der Waals surface area contributed by atoms with Crippen LogP contribution in [-0.2, 0) is 14.8 Å². The highest BCUT2D eigenvalue weighted by molar-refractivity contribution is 7.92. The third-order valence-electron chi connectivity index (χ3n) is 5.52. The van der Waals surface area contributed by atoms with E-state index in [-0.39, 0.29) is 17.3 Å². The summed E-state index contributed by atoms with van der Waals surface area (Å²) in [6, 6.07) is 12.9. The van der Waals surface area contributed by atoms with Gasteiger partial charge in [0.2, 0.25) is 0 Å². The lowest BCUT2D eigenvalue weighted by Crippen LogP contribution is -2.51. The van der Waals surface area contributed by atoms with Crippen molar-refractivity contribution in [2.75, 3.05) is 17.4 Å². The molecule has 1 amide bonds. The van der Waals surface area contributed by atoms with E-state index >= 15 is 0 Å². The van der Waals surface area contributed by atoms with Crippen LogP contribution in [0.3, 0.4) is 0 Å². The Morgan fingerprint density at radius 3 is 2.65 bits per heavy atom. The molecule has 0 radical (unpaired) electrons. The summed E-state index contributed by atoms with van der Waals surface area (Å²) in [5.74, 6) is 0.389. The van der Waals surface area contributed by atoms with Crippen LogP contribution < -0.4 is 14.4 Å². The van der Waals surface area contributed by atoms with Crippen LogP contribution in [0.15, 0.2) is 53.4 Å². The quantitative estimate of drug-likeness (QED) is 0.587. The molecule has 0 aromatic heterocycles. The number of carbonyl (C=O) groups excluding carboxylic acids is 1. The molecule has 1 aliphatic heterocycles. The summed E-state index contributed by atoms with van der Waals surface area (Å²) in [6.45, 7) is 4.68. The molecule has 1 aliphatic rings. The van der Waals surface area contributed by atoms with Crippen molar-refractivity contribution in [2.24, 2.45) is 5.92 Å². The normalized spacial score (nSPS) is 16.9. The number of nitrogens with zero attached hydrogens (tertiary/aromatic N) is 1. The van der Waals surface area contributed by atoms with Crippen LogP contribution in [0.25, 0.3) is 0 Å². The fraction of sp³-hybridized carbons (Fsp3) is 0.435. The van der Waals surface area contributed by atoms with E-state index in [1.807, 2.05) is 0 Å². The zero-order chi connectivity index (χ0) is 22.4. The molecule has 0 aliphatic carbocycles. The van der Waals surface area contributed by atoms with E-state index in [0.29, 0.717) is 28.9 Å². The van der Waals surface area contributed by atoms with Gasteiger partial charge in [0.1, 0.15) is 5.75 Å². The predicted molar refractivity (Wildman–Crippen MR) is 123 cm³/mol. The van der Waals surface area contributed by atoms with E-state index in [1.54, 1.807) is 36.4 Å².